The molecule has 0 unspecified atom stereocenters. The molecule has 0 aliphatic heterocycles. The summed E-state index contributed by atoms with van der Waals surface area (Å²) in [6.45, 7) is 1.03. The van der Waals surface area contributed by atoms with Crippen molar-refractivity contribution in [1.82, 2.24) is 4.90 Å². The van der Waals surface area contributed by atoms with Crippen molar-refractivity contribution in [3.05, 3.63) is 118 Å². The van der Waals surface area contributed by atoms with Crippen LogP contribution >= 0.6 is 11.3 Å². The number of carbonyl (C=O) groups excluding carboxylic acids is 2. The van der Waals surface area contributed by atoms with Crippen LogP contribution in [0.5, 0.6) is 5.75 Å². The maximum atomic E-state index is 13.3. The van der Waals surface area contributed by atoms with Crippen molar-refractivity contribution in [2.24, 2.45) is 5.73 Å². The Hall–Kier alpha value is -3.94. The summed E-state index contributed by atoms with van der Waals surface area (Å²) < 4.78 is 5.73. The summed E-state index contributed by atoms with van der Waals surface area (Å²) in [6.07, 6.45) is 0. The molecular weight excluding hydrogens is 458 g/mol. The van der Waals surface area contributed by atoms with E-state index in [1.165, 1.54) is 11.3 Å². The molecule has 3 N–H and O–H groups in total. The van der Waals surface area contributed by atoms with Gasteiger partial charge < -0.3 is 20.7 Å². The second-order valence-corrected chi connectivity index (χ2v) is 8.91. The molecule has 1 heterocycles. The minimum Gasteiger partial charge on any atom is -0.484 e. The van der Waals surface area contributed by atoms with Crippen LogP contribution in [-0.4, -0.2) is 23.3 Å². The van der Waals surface area contributed by atoms with Gasteiger partial charge in [0.1, 0.15) is 5.75 Å². The van der Waals surface area contributed by atoms with Crippen LogP contribution in [0, 0.1) is 0 Å². The second-order valence-electron chi connectivity index (χ2n) is 7.96. The van der Waals surface area contributed by atoms with E-state index < -0.39 is 0 Å². The fraction of sp³-hybridized carbons (Fsp3) is 0.143. The predicted octanol–water partition coefficient (Wildman–Crippen LogP) is 5.07. The first-order valence-electron chi connectivity index (χ1n) is 11.3. The normalized spacial score (nSPS) is 10.5. The van der Waals surface area contributed by atoms with Gasteiger partial charge in [-0.1, -0.05) is 66.7 Å². The van der Waals surface area contributed by atoms with Gasteiger partial charge >= 0.3 is 0 Å². The average Bonchev–Trinajstić information content (AvgIpc) is 3.44. The Bertz CT molecular complexity index is 1260. The summed E-state index contributed by atoms with van der Waals surface area (Å²) >= 11 is 1.38. The van der Waals surface area contributed by atoms with Crippen LogP contribution in [0.3, 0.4) is 0 Å². The van der Waals surface area contributed by atoms with E-state index in [0.29, 0.717) is 35.9 Å². The van der Waals surface area contributed by atoms with Crippen molar-refractivity contribution < 1.29 is 14.3 Å². The summed E-state index contributed by atoms with van der Waals surface area (Å²) in [7, 11) is 0. The largest absolute Gasteiger partial charge is 0.484 e. The number of para-hydroxylation sites is 2. The van der Waals surface area contributed by atoms with Crippen LogP contribution in [0.4, 0.5) is 5.69 Å². The number of benzene rings is 3. The Labute approximate surface area is 209 Å². The molecule has 1 aromatic heterocycles. The number of anilines is 1. The van der Waals surface area contributed by atoms with Crippen LogP contribution in [0.15, 0.2) is 96.4 Å². The number of amides is 2. The lowest BCUT2D eigenvalue weighted by atomic mass is 10.1. The molecule has 3 aromatic carbocycles. The summed E-state index contributed by atoms with van der Waals surface area (Å²) in [4.78, 5) is 28.3. The third-order valence-corrected chi connectivity index (χ3v) is 6.30. The van der Waals surface area contributed by atoms with Crippen molar-refractivity contribution in [2.45, 2.75) is 19.6 Å². The van der Waals surface area contributed by atoms with Gasteiger partial charge in [0.25, 0.3) is 11.8 Å². The molecule has 0 saturated heterocycles. The molecule has 0 bridgehead atoms. The number of nitrogens with zero attached hydrogens (tertiary/aromatic N) is 1. The number of nitrogens with one attached hydrogen (secondary N) is 1. The van der Waals surface area contributed by atoms with Crippen molar-refractivity contribution in [2.75, 3.05) is 11.9 Å². The molecule has 0 aliphatic carbocycles. The van der Waals surface area contributed by atoms with Crippen LogP contribution in [-0.2, 0) is 24.4 Å². The van der Waals surface area contributed by atoms with Crippen molar-refractivity contribution >= 4 is 28.8 Å². The minimum absolute atomic E-state index is 0.0929. The molecule has 7 heteroatoms. The molecule has 2 amide bonds. The molecule has 0 spiro atoms. The van der Waals surface area contributed by atoms with Gasteiger partial charge in [-0.2, -0.15) is 0 Å². The Morgan fingerprint density at radius 1 is 0.857 bits per heavy atom. The Morgan fingerprint density at radius 2 is 1.63 bits per heavy atom. The highest BCUT2D eigenvalue weighted by atomic mass is 32.1. The van der Waals surface area contributed by atoms with Crippen LogP contribution in [0.25, 0.3) is 0 Å². The highest BCUT2D eigenvalue weighted by Gasteiger charge is 2.18. The SMILES string of the molecule is NCc1cccc(CN(Cc2ccccc2NC(=O)c2cccs2)C(=O)COc2ccccc2)c1. The lowest BCUT2D eigenvalue weighted by Crippen LogP contribution is -2.34. The second kappa shape index (κ2) is 12.0. The summed E-state index contributed by atoms with van der Waals surface area (Å²) in [5.41, 5.74) is 9.29. The first kappa shape index (κ1) is 24.2. The third-order valence-electron chi connectivity index (χ3n) is 5.43. The van der Waals surface area contributed by atoms with Gasteiger partial charge in [0.2, 0.25) is 0 Å². The van der Waals surface area contributed by atoms with Crippen LogP contribution in [0.2, 0.25) is 0 Å². The van der Waals surface area contributed by atoms with E-state index in [0.717, 1.165) is 16.7 Å². The van der Waals surface area contributed by atoms with Gasteiger partial charge in [-0.3, -0.25) is 9.59 Å². The van der Waals surface area contributed by atoms with Crippen molar-refractivity contribution in [3.63, 3.8) is 0 Å². The van der Waals surface area contributed by atoms with E-state index in [2.05, 4.69) is 5.32 Å². The maximum Gasteiger partial charge on any atom is 0.265 e. The highest BCUT2D eigenvalue weighted by molar-refractivity contribution is 7.12. The van der Waals surface area contributed by atoms with Gasteiger partial charge in [-0.25, -0.2) is 0 Å². The average molecular weight is 486 g/mol. The van der Waals surface area contributed by atoms with Gasteiger partial charge in [-0.05, 0) is 46.3 Å². The number of hydrogen-bond acceptors (Lipinski definition) is 5. The fourth-order valence-electron chi connectivity index (χ4n) is 3.64. The Balaban J connectivity index is 1.54. The van der Waals surface area contributed by atoms with E-state index in [4.69, 9.17) is 10.5 Å². The van der Waals surface area contributed by atoms with Crippen LogP contribution < -0.4 is 15.8 Å². The Kier molecular flexibility index (Phi) is 8.27. The van der Waals surface area contributed by atoms with Crippen molar-refractivity contribution in [3.8, 4) is 5.75 Å². The van der Waals surface area contributed by atoms with E-state index in [-0.39, 0.29) is 18.4 Å². The zero-order valence-electron chi connectivity index (χ0n) is 19.2. The standard InChI is InChI=1S/C28H27N3O3S/c29-17-21-8-6-9-22(16-21)18-31(27(32)20-34-24-11-2-1-3-12-24)19-23-10-4-5-13-25(23)30-28(33)26-14-7-15-35-26/h1-16H,17-20,29H2,(H,30,33). The number of nitrogens with two attached hydrogens (primary N) is 1. The van der Waals surface area contributed by atoms with Gasteiger partial charge in [-0.15, -0.1) is 11.3 Å². The third kappa shape index (κ3) is 6.79. The number of ether oxygens (including phenoxy) is 1. The van der Waals surface area contributed by atoms with Crippen molar-refractivity contribution in [1.29, 1.82) is 0 Å². The number of hydrogen-bond donors (Lipinski definition) is 2. The lowest BCUT2D eigenvalue weighted by molar-refractivity contribution is -0.134. The monoisotopic (exact) mass is 485 g/mol. The maximum absolute atomic E-state index is 13.3. The minimum atomic E-state index is -0.173. The summed E-state index contributed by atoms with van der Waals surface area (Å²) in [5, 5.41) is 4.85. The molecule has 4 aromatic rings. The molecule has 0 saturated carbocycles. The van der Waals surface area contributed by atoms with E-state index in [1.807, 2.05) is 90.3 Å². The first-order chi connectivity index (χ1) is 17.1. The zero-order valence-corrected chi connectivity index (χ0v) is 20.0. The highest BCUT2D eigenvalue weighted by Crippen LogP contribution is 2.21. The van der Waals surface area contributed by atoms with E-state index >= 15 is 0 Å². The number of thiophene rings is 1. The summed E-state index contributed by atoms with van der Waals surface area (Å²) in [6, 6.07) is 28.3. The molecule has 0 aliphatic rings. The quantitative estimate of drug-likeness (QED) is 0.329. The number of rotatable bonds is 10. The zero-order chi connectivity index (χ0) is 24.5. The van der Waals surface area contributed by atoms with E-state index in [9.17, 15) is 9.59 Å². The molecule has 178 valence electrons. The Morgan fingerprint density at radius 3 is 2.40 bits per heavy atom. The fourth-order valence-corrected chi connectivity index (χ4v) is 4.26. The number of carbonyl (C=O) groups is 2. The lowest BCUT2D eigenvalue weighted by Gasteiger charge is -2.25. The van der Waals surface area contributed by atoms with Gasteiger partial charge in [0, 0.05) is 25.3 Å². The predicted molar refractivity (Wildman–Crippen MR) is 139 cm³/mol. The summed E-state index contributed by atoms with van der Waals surface area (Å²) in [5.74, 6) is 0.300. The topological polar surface area (TPSA) is 84.7 Å². The first-order valence-corrected chi connectivity index (χ1v) is 12.2. The molecule has 35 heavy (non-hydrogen) atoms. The van der Waals surface area contributed by atoms with Gasteiger partial charge in [0.05, 0.1) is 4.88 Å². The molecule has 0 fully saturated rings. The van der Waals surface area contributed by atoms with Crippen LogP contribution in [0.1, 0.15) is 26.4 Å². The van der Waals surface area contributed by atoms with E-state index in [1.54, 1.807) is 11.0 Å². The molecular formula is C28H27N3O3S. The molecule has 0 radical (unpaired) electrons. The molecule has 6 nitrogen and oxygen atoms in total. The smallest absolute Gasteiger partial charge is 0.265 e. The molecule has 0 atom stereocenters. The molecule has 4 rings (SSSR count). The van der Waals surface area contributed by atoms with Gasteiger partial charge in [0.15, 0.2) is 6.61 Å².